The molecule has 0 unspecified atom stereocenters. The van der Waals surface area contributed by atoms with Crippen LogP contribution in [0.4, 0.5) is 0 Å². The molecule has 0 aliphatic heterocycles. The Morgan fingerprint density at radius 2 is 1.95 bits per heavy atom. The SMILES string of the molecule is Cc1cc(C)c2[nH]c3nc(SC(C)C)nnc3c2c1. The first-order chi connectivity index (χ1) is 9.04. The van der Waals surface area contributed by atoms with Crippen LogP contribution in [0, 0.1) is 13.8 Å². The fraction of sp³-hybridized carbons (Fsp3) is 0.357. The second kappa shape index (κ2) is 4.49. The minimum atomic E-state index is 0.451. The molecule has 0 amide bonds. The lowest BCUT2D eigenvalue weighted by Gasteiger charge is -2.00. The van der Waals surface area contributed by atoms with Gasteiger partial charge in [-0.2, -0.15) is 0 Å². The van der Waals surface area contributed by atoms with E-state index in [2.05, 4.69) is 60.0 Å². The highest BCUT2D eigenvalue weighted by atomic mass is 32.2. The summed E-state index contributed by atoms with van der Waals surface area (Å²) >= 11 is 1.63. The molecular formula is C14H16N4S. The molecule has 5 heteroatoms. The number of H-pyrrole nitrogens is 1. The highest BCUT2D eigenvalue weighted by Gasteiger charge is 2.12. The topological polar surface area (TPSA) is 54.5 Å². The maximum atomic E-state index is 4.56. The Hall–Kier alpha value is -1.62. The van der Waals surface area contributed by atoms with Gasteiger partial charge in [0.15, 0.2) is 5.65 Å². The first-order valence-electron chi connectivity index (χ1n) is 6.34. The lowest BCUT2D eigenvalue weighted by molar-refractivity contribution is 0.872. The lowest BCUT2D eigenvalue weighted by Crippen LogP contribution is -1.95. The Morgan fingerprint density at radius 1 is 1.16 bits per heavy atom. The molecule has 0 spiro atoms. The third-order valence-electron chi connectivity index (χ3n) is 2.99. The molecule has 0 saturated carbocycles. The van der Waals surface area contributed by atoms with Crippen LogP contribution in [-0.4, -0.2) is 25.4 Å². The molecule has 1 N–H and O–H groups in total. The zero-order valence-electron chi connectivity index (χ0n) is 11.5. The molecule has 4 nitrogen and oxygen atoms in total. The van der Waals surface area contributed by atoms with Gasteiger partial charge in [-0.05, 0) is 25.5 Å². The first-order valence-corrected chi connectivity index (χ1v) is 7.22. The van der Waals surface area contributed by atoms with Crippen molar-refractivity contribution in [3.63, 3.8) is 0 Å². The quantitative estimate of drug-likeness (QED) is 0.724. The Morgan fingerprint density at radius 3 is 2.68 bits per heavy atom. The third-order valence-corrected chi connectivity index (χ3v) is 3.84. The van der Waals surface area contributed by atoms with Crippen molar-refractivity contribution in [3.8, 4) is 0 Å². The zero-order valence-corrected chi connectivity index (χ0v) is 12.3. The molecule has 0 fully saturated rings. The standard InChI is InChI=1S/C14H16N4S/c1-7(2)19-14-16-13-12(17-18-14)10-6-8(3)5-9(4)11(10)15-13/h5-7H,1-4H3,(H,15,16,18). The Kier molecular flexibility index (Phi) is 2.93. The van der Waals surface area contributed by atoms with E-state index < -0.39 is 0 Å². The molecule has 0 atom stereocenters. The Labute approximate surface area is 116 Å². The van der Waals surface area contributed by atoms with Crippen molar-refractivity contribution < 1.29 is 0 Å². The lowest BCUT2D eigenvalue weighted by atomic mass is 10.1. The van der Waals surface area contributed by atoms with Gasteiger partial charge in [-0.25, -0.2) is 4.98 Å². The summed E-state index contributed by atoms with van der Waals surface area (Å²) < 4.78 is 0. The number of thioether (sulfide) groups is 1. The first kappa shape index (κ1) is 12.4. The number of benzene rings is 1. The number of nitrogens with zero attached hydrogens (tertiary/aromatic N) is 3. The zero-order chi connectivity index (χ0) is 13.6. The number of aryl methyl sites for hydroxylation is 2. The molecule has 0 saturated heterocycles. The van der Waals surface area contributed by atoms with Gasteiger partial charge in [0.2, 0.25) is 5.16 Å². The second-order valence-corrected chi connectivity index (χ2v) is 6.63. The molecular weight excluding hydrogens is 256 g/mol. The molecule has 3 aromatic rings. The number of hydrogen-bond donors (Lipinski definition) is 1. The largest absolute Gasteiger partial charge is 0.337 e. The Bertz CT molecular complexity index is 761. The highest BCUT2D eigenvalue weighted by Crippen LogP contribution is 2.27. The summed E-state index contributed by atoms with van der Waals surface area (Å²) in [5.41, 5.74) is 5.23. The third kappa shape index (κ3) is 2.18. The average molecular weight is 272 g/mol. The van der Waals surface area contributed by atoms with Gasteiger partial charge in [-0.3, -0.25) is 0 Å². The molecule has 98 valence electrons. The minimum Gasteiger partial charge on any atom is -0.337 e. The molecule has 0 aliphatic carbocycles. The summed E-state index contributed by atoms with van der Waals surface area (Å²) in [6.45, 7) is 8.44. The fourth-order valence-electron chi connectivity index (χ4n) is 2.28. The number of nitrogens with one attached hydrogen (secondary N) is 1. The second-order valence-electron chi connectivity index (χ2n) is 5.09. The van der Waals surface area contributed by atoms with Crippen molar-refractivity contribution in [1.29, 1.82) is 0 Å². The summed E-state index contributed by atoms with van der Waals surface area (Å²) in [4.78, 5) is 7.92. The summed E-state index contributed by atoms with van der Waals surface area (Å²) in [5, 5.41) is 10.8. The van der Waals surface area contributed by atoms with E-state index in [1.54, 1.807) is 11.8 Å². The Balaban J connectivity index is 2.25. The van der Waals surface area contributed by atoms with E-state index in [4.69, 9.17) is 0 Å². The van der Waals surface area contributed by atoms with E-state index >= 15 is 0 Å². The normalized spacial score (nSPS) is 11.8. The van der Waals surface area contributed by atoms with Gasteiger partial charge in [0.05, 0.1) is 5.52 Å². The van der Waals surface area contributed by atoms with Gasteiger partial charge in [0.25, 0.3) is 0 Å². The van der Waals surface area contributed by atoms with Gasteiger partial charge >= 0.3 is 0 Å². The van der Waals surface area contributed by atoms with E-state index in [1.165, 1.54) is 11.1 Å². The number of rotatable bonds is 2. The number of aromatic amines is 1. The van der Waals surface area contributed by atoms with E-state index in [-0.39, 0.29) is 0 Å². The van der Waals surface area contributed by atoms with Crippen LogP contribution in [0.1, 0.15) is 25.0 Å². The van der Waals surface area contributed by atoms with Crippen LogP contribution in [0.5, 0.6) is 0 Å². The van der Waals surface area contributed by atoms with E-state index in [1.807, 2.05) is 0 Å². The molecule has 0 radical (unpaired) electrons. The van der Waals surface area contributed by atoms with Crippen LogP contribution < -0.4 is 0 Å². The molecule has 3 rings (SSSR count). The van der Waals surface area contributed by atoms with Crippen molar-refractivity contribution >= 4 is 33.8 Å². The predicted molar refractivity (Wildman–Crippen MR) is 79.7 cm³/mol. The van der Waals surface area contributed by atoms with Crippen LogP contribution >= 0.6 is 11.8 Å². The number of fused-ring (bicyclic) bond motifs is 3. The maximum absolute atomic E-state index is 4.56. The smallest absolute Gasteiger partial charge is 0.211 e. The van der Waals surface area contributed by atoms with E-state index in [0.717, 1.165) is 27.2 Å². The van der Waals surface area contributed by atoms with Crippen molar-refractivity contribution in [2.75, 3.05) is 0 Å². The van der Waals surface area contributed by atoms with E-state index in [9.17, 15) is 0 Å². The predicted octanol–water partition coefficient (Wildman–Crippen LogP) is 3.62. The van der Waals surface area contributed by atoms with Gasteiger partial charge in [0.1, 0.15) is 5.52 Å². The monoisotopic (exact) mass is 272 g/mol. The summed E-state index contributed by atoms with van der Waals surface area (Å²) in [6, 6.07) is 4.29. The maximum Gasteiger partial charge on any atom is 0.211 e. The molecule has 19 heavy (non-hydrogen) atoms. The van der Waals surface area contributed by atoms with E-state index in [0.29, 0.717) is 5.25 Å². The summed E-state index contributed by atoms with van der Waals surface area (Å²) in [7, 11) is 0. The molecule has 0 bridgehead atoms. The summed E-state index contributed by atoms with van der Waals surface area (Å²) in [6.07, 6.45) is 0. The van der Waals surface area contributed by atoms with Crippen molar-refractivity contribution in [1.82, 2.24) is 20.2 Å². The van der Waals surface area contributed by atoms with Crippen molar-refractivity contribution in [3.05, 3.63) is 23.3 Å². The molecule has 2 aromatic heterocycles. The summed E-state index contributed by atoms with van der Waals surface area (Å²) in [5.74, 6) is 0. The van der Waals surface area contributed by atoms with Gasteiger partial charge in [0, 0.05) is 10.6 Å². The van der Waals surface area contributed by atoms with Gasteiger partial charge in [-0.1, -0.05) is 37.2 Å². The van der Waals surface area contributed by atoms with Crippen LogP contribution in [0.25, 0.3) is 22.1 Å². The highest BCUT2D eigenvalue weighted by molar-refractivity contribution is 7.99. The molecule has 0 aliphatic rings. The minimum absolute atomic E-state index is 0.451. The van der Waals surface area contributed by atoms with Crippen molar-refractivity contribution in [2.45, 2.75) is 38.1 Å². The average Bonchev–Trinajstić information content (AvgIpc) is 2.66. The van der Waals surface area contributed by atoms with Crippen molar-refractivity contribution in [2.24, 2.45) is 0 Å². The van der Waals surface area contributed by atoms with Crippen LogP contribution in [0.3, 0.4) is 0 Å². The molecule has 2 heterocycles. The fourth-order valence-corrected chi connectivity index (χ4v) is 2.93. The van der Waals surface area contributed by atoms with Gasteiger partial charge in [-0.15, -0.1) is 10.2 Å². The number of aromatic nitrogens is 4. The van der Waals surface area contributed by atoms with Gasteiger partial charge < -0.3 is 4.98 Å². The number of hydrogen-bond acceptors (Lipinski definition) is 4. The van der Waals surface area contributed by atoms with Crippen LogP contribution in [-0.2, 0) is 0 Å². The van der Waals surface area contributed by atoms with Crippen LogP contribution in [0.15, 0.2) is 17.3 Å². The van der Waals surface area contributed by atoms with Crippen LogP contribution in [0.2, 0.25) is 0 Å². The molecule has 1 aromatic carbocycles.